The number of phenolic OH excluding ortho intramolecular Hbond substituents is 1. The lowest BCUT2D eigenvalue weighted by atomic mass is 9.84. The lowest BCUT2D eigenvalue weighted by molar-refractivity contribution is -0.539. The maximum atomic E-state index is 11.2. The third kappa shape index (κ3) is 2.20. The van der Waals surface area contributed by atoms with Gasteiger partial charge in [-0.05, 0) is 23.3 Å². The minimum atomic E-state index is -2.12. The molecule has 0 saturated carbocycles. The molecule has 6 heteroatoms. The summed E-state index contributed by atoms with van der Waals surface area (Å²) in [4.78, 5) is 21.5. The van der Waals surface area contributed by atoms with Crippen molar-refractivity contribution in [2.24, 2.45) is 0 Å². The van der Waals surface area contributed by atoms with Crippen molar-refractivity contribution < 1.29 is 19.9 Å². The van der Waals surface area contributed by atoms with E-state index in [0.29, 0.717) is 11.1 Å². The quantitative estimate of drug-likeness (QED) is 0.638. The Morgan fingerprint density at radius 3 is 2.47 bits per heavy atom. The Hall–Kier alpha value is -2.63. The van der Waals surface area contributed by atoms with Crippen molar-refractivity contribution in [1.82, 2.24) is 0 Å². The highest BCUT2D eigenvalue weighted by molar-refractivity contribution is 5.85. The molecule has 2 N–H and O–H groups in total. The van der Waals surface area contributed by atoms with Crippen LogP contribution < -0.4 is 0 Å². The van der Waals surface area contributed by atoms with Gasteiger partial charge in [0.1, 0.15) is 5.75 Å². The third-order valence-electron chi connectivity index (χ3n) is 3.06. The van der Waals surface area contributed by atoms with Crippen LogP contribution in [0.3, 0.4) is 0 Å². The monoisotopic (exact) mass is 261 g/mol. The Kier molecular flexibility index (Phi) is 3.08. The van der Waals surface area contributed by atoms with Crippen molar-refractivity contribution in [3.63, 3.8) is 0 Å². The second kappa shape index (κ2) is 4.56. The van der Waals surface area contributed by atoms with Gasteiger partial charge in [0.2, 0.25) is 0 Å². The van der Waals surface area contributed by atoms with Gasteiger partial charge in [0, 0.05) is 11.0 Å². The highest BCUT2D eigenvalue weighted by atomic mass is 16.6. The number of hydrogen-bond donors (Lipinski definition) is 2. The van der Waals surface area contributed by atoms with Gasteiger partial charge in [-0.25, -0.2) is 4.79 Å². The summed E-state index contributed by atoms with van der Waals surface area (Å²) in [5, 5.41) is 29.4. The number of nitrogens with zero attached hydrogens (tertiary/aromatic N) is 1. The van der Waals surface area contributed by atoms with Crippen LogP contribution in [0.1, 0.15) is 12.0 Å². The summed E-state index contributed by atoms with van der Waals surface area (Å²) in [5.74, 6) is -1.41. The van der Waals surface area contributed by atoms with E-state index in [1.807, 2.05) is 0 Å². The number of carboxylic acids is 1. The minimum Gasteiger partial charge on any atom is -0.508 e. The second-order valence-electron chi connectivity index (χ2n) is 4.26. The Bertz CT molecular complexity index is 572. The normalized spacial score (nSPS) is 21.8. The first-order chi connectivity index (χ1) is 8.95. The Labute approximate surface area is 108 Å². The van der Waals surface area contributed by atoms with E-state index in [1.165, 1.54) is 18.2 Å². The van der Waals surface area contributed by atoms with Gasteiger partial charge in [0.15, 0.2) is 0 Å². The molecule has 0 saturated heterocycles. The number of phenols is 1. The third-order valence-corrected chi connectivity index (χ3v) is 3.06. The van der Waals surface area contributed by atoms with Crippen LogP contribution >= 0.6 is 0 Å². The molecule has 1 unspecified atom stereocenters. The van der Waals surface area contributed by atoms with Crippen LogP contribution in [0.15, 0.2) is 42.5 Å². The van der Waals surface area contributed by atoms with Gasteiger partial charge >= 0.3 is 11.5 Å². The summed E-state index contributed by atoms with van der Waals surface area (Å²) in [6.45, 7) is 0. The molecule has 98 valence electrons. The van der Waals surface area contributed by atoms with Gasteiger partial charge in [-0.3, -0.25) is 10.1 Å². The maximum absolute atomic E-state index is 11.2. The van der Waals surface area contributed by atoms with Crippen molar-refractivity contribution in [2.75, 3.05) is 0 Å². The molecule has 6 nitrogen and oxygen atoms in total. The van der Waals surface area contributed by atoms with E-state index in [1.54, 1.807) is 18.2 Å². The van der Waals surface area contributed by atoms with Crippen LogP contribution in [0.25, 0.3) is 5.57 Å². The fourth-order valence-corrected chi connectivity index (χ4v) is 1.96. The number of rotatable bonds is 3. The van der Waals surface area contributed by atoms with E-state index in [0.717, 1.165) is 6.08 Å². The minimum absolute atomic E-state index is 0.0782. The molecule has 2 rings (SSSR count). The predicted molar refractivity (Wildman–Crippen MR) is 67.2 cm³/mol. The highest BCUT2D eigenvalue weighted by Gasteiger charge is 2.50. The van der Waals surface area contributed by atoms with Crippen LogP contribution in [-0.4, -0.2) is 26.6 Å². The summed E-state index contributed by atoms with van der Waals surface area (Å²) >= 11 is 0. The van der Waals surface area contributed by atoms with Gasteiger partial charge in [-0.15, -0.1) is 0 Å². The number of carboxylic acid groups (broad SMARTS) is 1. The predicted octanol–water partition coefficient (Wildman–Crippen LogP) is 1.84. The SMILES string of the molecule is O=C(O)C1([N+](=O)[O-])C=CC=C(c2ccc(O)cc2)C1. The molecule has 0 heterocycles. The molecular formula is C13H11NO5. The van der Waals surface area contributed by atoms with Crippen molar-refractivity contribution in [1.29, 1.82) is 0 Å². The summed E-state index contributed by atoms with van der Waals surface area (Å²) in [6, 6.07) is 6.08. The second-order valence-corrected chi connectivity index (χ2v) is 4.26. The van der Waals surface area contributed by atoms with Crippen LogP contribution in [-0.2, 0) is 4.79 Å². The number of benzene rings is 1. The highest BCUT2D eigenvalue weighted by Crippen LogP contribution is 2.33. The first-order valence-electron chi connectivity index (χ1n) is 5.51. The number of aliphatic carboxylic acids is 1. The van der Waals surface area contributed by atoms with Crippen molar-refractivity contribution >= 4 is 11.5 Å². The summed E-state index contributed by atoms with van der Waals surface area (Å²) in [5.41, 5.74) is -0.932. The summed E-state index contributed by atoms with van der Waals surface area (Å²) in [7, 11) is 0. The molecule has 1 aromatic rings. The van der Waals surface area contributed by atoms with E-state index in [9.17, 15) is 20.0 Å². The molecule has 0 radical (unpaired) electrons. The Balaban J connectivity index is 2.39. The zero-order valence-electron chi connectivity index (χ0n) is 9.81. The average Bonchev–Trinajstić information content (AvgIpc) is 2.39. The molecule has 0 spiro atoms. The zero-order chi connectivity index (χ0) is 14.0. The molecule has 0 bridgehead atoms. The first kappa shape index (κ1) is 12.8. The summed E-state index contributed by atoms with van der Waals surface area (Å²) in [6.07, 6.45) is 3.87. The Morgan fingerprint density at radius 2 is 1.95 bits per heavy atom. The van der Waals surface area contributed by atoms with Crippen molar-refractivity contribution in [3.05, 3.63) is 58.2 Å². The van der Waals surface area contributed by atoms with Crippen LogP contribution in [0.4, 0.5) is 0 Å². The van der Waals surface area contributed by atoms with Crippen LogP contribution in [0.5, 0.6) is 5.75 Å². The average molecular weight is 261 g/mol. The number of nitro groups is 1. The van der Waals surface area contributed by atoms with Gasteiger partial charge in [-0.1, -0.05) is 24.3 Å². The topological polar surface area (TPSA) is 101 Å². The number of aromatic hydroxyl groups is 1. The standard InChI is InChI=1S/C13H11NO5/c15-11-5-3-9(4-6-11)10-2-1-7-13(8-10,12(16)17)14(18)19/h1-7,15H,8H2,(H,16,17). The smallest absolute Gasteiger partial charge is 0.387 e. The molecule has 0 aromatic heterocycles. The lowest BCUT2D eigenvalue weighted by Crippen LogP contribution is -2.45. The zero-order valence-corrected chi connectivity index (χ0v) is 9.81. The summed E-state index contributed by atoms with van der Waals surface area (Å²) < 4.78 is 0. The van der Waals surface area contributed by atoms with Crippen LogP contribution in [0.2, 0.25) is 0 Å². The largest absolute Gasteiger partial charge is 0.508 e. The molecular weight excluding hydrogens is 250 g/mol. The van der Waals surface area contributed by atoms with E-state index < -0.39 is 16.4 Å². The number of hydrogen-bond acceptors (Lipinski definition) is 4. The fraction of sp³-hybridized carbons (Fsp3) is 0.154. The van der Waals surface area contributed by atoms with Crippen molar-refractivity contribution in [2.45, 2.75) is 12.0 Å². The van der Waals surface area contributed by atoms with Gasteiger partial charge in [0.25, 0.3) is 0 Å². The molecule has 1 atom stereocenters. The van der Waals surface area contributed by atoms with E-state index in [2.05, 4.69) is 0 Å². The molecule has 0 aliphatic heterocycles. The molecule has 0 fully saturated rings. The number of carbonyl (C=O) groups is 1. The van der Waals surface area contributed by atoms with E-state index >= 15 is 0 Å². The van der Waals surface area contributed by atoms with Gasteiger partial charge < -0.3 is 10.2 Å². The maximum Gasteiger partial charge on any atom is 0.387 e. The van der Waals surface area contributed by atoms with E-state index in [4.69, 9.17) is 5.11 Å². The molecule has 1 aliphatic rings. The molecule has 0 amide bonds. The molecule has 1 aromatic carbocycles. The Morgan fingerprint density at radius 1 is 1.32 bits per heavy atom. The lowest BCUT2D eigenvalue weighted by Gasteiger charge is -2.21. The first-order valence-corrected chi connectivity index (χ1v) is 5.51. The van der Waals surface area contributed by atoms with Gasteiger partial charge in [0.05, 0.1) is 6.42 Å². The van der Waals surface area contributed by atoms with Crippen LogP contribution in [0, 0.1) is 10.1 Å². The fourth-order valence-electron chi connectivity index (χ4n) is 1.96. The van der Waals surface area contributed by atoms with E-state index in [-0.39, 0.29) is 12.2 Å². The number of allylic oxidation sites excluding steroid dienone is 2. The van der Waals surface area contributed by atoms with Crippen molar-refractivity contribution in [3.8, 4) is 5.75 Å². The molecule has 1 aliphatic carbocycles. The van der Waals surface area contributed by atoms with Gasteiger partial charge in [-0.2, -0.15) is 0 Å². The molecule has 19 heavy (non-hydrogen) atoms.